The molecule has 7 nitrogen and oxygen atoms in total. The Bertz CT molecular complexity index is 1240. The Kier molecular flexibility index (Phi) is 6.75. The fourth-order valence-electron chi connectivity index (χ4n) is 3.69. The lowest BCUT2D eigenvalue weighted by atomic mass is 10.1. The van der Waals surface area contributed by atoms with Crippen molar-refractivity contribution in [3.63, 3.8) is 0 Å². The molecular weight excluding hydrogens is 402 g/mol. The van der Waals surface area contributed by atoms with Crippen molar-refractivity contribution in [2.75, 3.05) is 0 Å². The third kappa shape index (κ3) is 4.94. The second-order valence-corrected chi connectivity index (χ2v) is 7.86. The molecule has 0 aliphatic rings. The number of nitrogens with one attached hydrogen (secondary N) is 1. The van der Waals surface area contributed by atoms with Gasteiger partial charge in [0.15, 0.2) is 5.69 Å². The summed E-state index contributed by atoms with van der Waals surface area (Å²) in [6.45, 7) is 3.76. The molecule has 2 aromatic heterocycles. The number of benzene rings is 2. The van der Waals surface area contributed by atoms with E-state index in [0.29, 0.717) is 23.9 Å². The second-order valence-electron chi connectivity index (χ2n) is 7.86. The van der Waals surface area contributed by atoms with E-state index in [-0.39, 0.29) is 17.2 Å². The van der Waals surface area contributed by atoms with Gasteiger partial charge in [-0.3, -0.25) is 9.59 Å². The van der Waals surface area contributed by atoms with Crippen LogP contribution in [0.5, 0.6) is 0 Å². The lowest BCUT2D eigenvalue weighted by Gasteiger charge is -2.11. The number of rotatable bonds is 9. The zero-order chi connectivity index (χ0) is 22.3. The Morgan fingerprint density at radius 1 is 1.00 bits per heavy atom. The Balaban J connectivity index is 1.49. The number of hydrogen-bond donors (Lipinski definition) is 1. The summed E-state index contributed by atoms with van der Waals surface area (Å²) in [5.41, 5.74) is 2.29. The van der Waals surface area contributed by atoms with Crippen molar-refractivity contribution < 1.29 is 4.79 Å². The van der Waals surface area contributed by atoms with E-state index in [2.05, 4.69) is 22.3 Å². The third-order valence-electron chi connectivity index (χ3n) is 5.46. The van der Waals surface area contributed by atoms with Gasteiger partial charge in [0.05, 0.1) is 11.7 Å². The molecule has 1 amide bonds. The van der Waals surface area contributed by atoms with Crippen LogP contribution in [0.1, 0.15) is 47.8 Å². The summed E-state index contributed by atoms with van der Waals surface area (Å²) in [5.74, 6) is -0.284. The highest BCUT2D eigenvalue weighted by atomic mass is 16.2. The highest BCUT2D eigenvalue weighted by Crippen LogP contribution is 2.14. The molecule has 0 aliphatic heterocycles. The predicted molar refractivity (Wildman–Crippen MR) is 124 cm³/mol. The highest BCUT2D eigenvalue weighted by molar-refractivity contribution is 6.04. The smallest absolute Gasteiger partial charge is 0.274 e. The van der Waals surface area contributed by atoms with Crippen LogP contribution in [0.25, 0.3) is 10.8 Å². The monoisotopic (exact) mass is 429 g/mol. The number of carbonyl (C=O) groups is 1. The van der Waals surface area contributed by atoms with Crippen LogP contribution in [-0.4, -0.2) is 25.2 Å². The van der Waals surface area contributed by atoms with Gasteiger partial charge in [-0.05, 0) is 23.6 Å². The van der Waals surface area contributed by atoms with Crippen LogP contribution in [0.3, 0.4) is 0 Å². The first-order valence-electron chi connectivity index (χ1n) is 11.0. The number of carbonyl (C=O) groups excluding carboxylic acids is 1. The van der Waals surface area contributed by atoms with E-state index in [9.17, 15) is 9.59 Å². The maximum absolute atomic E-state index is 13.0. The zero-order valence-corrected chi connectivity index (χ0v) is 18.2. The van der Waals surface area contributed by atoms with Crippen molar-refractivity contribution in [2.24, 2.45) is 0 Å². The van der Waals surface area contributed by atoms with Crippen LogP contribution in [-0.2, 0) is 19.6 Å². The van der Waals surface area contributed by atoms with E-state index in [1.165, 1.54) is 4.68 Å². The van der Waals surface area contributed by atoms with E-state index in [0.717, 1.165) is 36.9 Å². The van der Waals surface area contributed by atoms with Gasteiger partial charge in [0.25, 0.3) is 11.5 Å². The maximum atomic E-state index is 13.0. The molecule has 2 aromatic carbocycles. The average molecular weight is 430 g/mol. The van der Waals surface area contributed by atoms with Gasteiger partial charge >= 0.3 is 0 Å². The van der Waals surface area contributed by atoms with Crippen molar-refractivity contribution in [3.05, 3.63) is 94.4 Å². The standard InChI is InChI=1S/C25H27N5O2/c1-2-3-6-14-30-25(32)22-8-5-4-7-21(22)23(28-30)24(31)27-16-19-9-11-20(12-10-19)17-29-15-13-26-18-29/h4-5,7-13,15,18H,2-3,6,14,16-17H2,1H3,(H,27,31). The third-order valence-corrected chi connectivity index (χ3v) is 5.46. The predicted octanol–water partition coefficient (Wildman–Crippen LogP) is 3.76. The molecule has 0 unspecified atom stereocenters. The average Bonchev–Trinajstić information content (AvgIpc) is 3.33. The van der Waals surface area contributed by atoms with E-state index >= 15 is 0 Å². The molecule has 32 heavy (non-hydrogen) atoms. The van der Waals surface area contributed by atoms with Crippen LogP contribution < -0.4 is 10.9 Å². The zero-order valence-electron chi connectivity index (χ0n) is 18.2. The number of unbranched alkanes of at least 4 members (excludes halogenated alkanes) is 2. The summed E-state index contributed by atoms with van der Waals surface area (Å²) in [6, 6.07) is 15.3. The van der Waals surface area contributed by atoms with Crippen molar-refractivity contribution in [1.82, 2.24) is 24.6 Å². The van der Waals surface area contributed by atoms with Crippen LogP contribution in [0, 0.1) is 0 Å². The number of imidazole rings is 1. The van der Waals surface area contributed by atoms with Gasteiger partial charge < -0.3 is 9.88 Å². The lowest BCUT2D eigenvalue weighted by Crippen LogP contribution is -2.30. The molecule has 1 N–H and O–H groups in total. The topological polar surface area (TPSA) is 81.8 Å². The number of aromatic nitrogens is 4. The molecule has 0 bridgehead atoms. The fourth-order valence-corrected chi connectivity index (χ4v) is 3.69. The van der Waals surface area contributed by atoms with Gasteiger partial charge in [0.1, 0.15) is 0 Å². The first-order valence-corrected chi connectivity index (χ1v) is 11.0. The number of amides is 1. The maximum Gasteiger partial charge on any atom is 0.274 e. The molecule has 0 aliphatic carbocycles. The van der Waals surface area contributed by atoms with Crippen molar-refractivity contribution in [1.29, 1.82) is 0 Å². The van der Waals surface area contributed by atoms with Crippen LogP contribution in [0.4, 0.5) is 0 Å². The normalized spacial score (nSPS) is 11.0. The molecule has 0 atom stereocenters. The minimum atomic E-state index is -0.284. The van der Waals surface area contributed by atoms with E-state index < -0.39 is 0 Å². The summed E-state index contributed by atoms with van der Waals surface area (Å²) < 4.78 is 3.43. The Morgan fingerprint density at radius 2 is 1.75 bits per heavy atom. The van der Waals surface area contributed by atoms with Crippen LogP contribution in [0.15, 0.2) is 72.0 Å². The number of hydrogen-bond acceptors (Lipinski definition) is 4. The van der Waals surface area contributed by atoms with Gasteiger partial charge in [-0.15, -0.1) is 0 Å². The summed E-state index contributed by atoms with van der Waals surface area (Å²) in [7, 11) is 0. The van der Waals surface area contributed by atoms with Crippen molar-refractivity contribution in [2.45, 2.75) is 45.8 Å². The van der Waals surface area contributed by atoms with Crippen molar-refractivity contribution >= 4 is 16.7 Å². The summed E-state index contributed by atoms with van der Waals surface area (Å²) in [6.07, 6.45) is 8.39. The number of aryl methyl sites for hydroxylation is 1. The molecule has 164 valence electrons. The highest BCUT2D eigenvalue weighted by Gasteiger charge is 2.16. The van der Waals surface area contributed by atoms with Crippen LogP contribution in [0.2, 0.25) is 0 Å². The lowest BCUT2D eigenvalue weighted by molar-refractivity contribution is 0.0945. The quantitative estimate of drug-likeness (QED) is 0.411. The first kappa shape index (κ1) is 21.5. The molecule has 0 fully saturated rings. The molecule has 4 rings (SSSR count). The Labute approximate surface area is 186 Å². The van der Waals surface area contributed by atoms with Gasteiger partial charge in [0.2, 0.25) is 0 Å². The minimum absolute atomic E-state index is 0.151. The van der Waals surface area contributed by atoms with E-state index in [1.807, 2.05) is 47.2 Å². The summed E-state index contributed by atoms with van der Waals surface area (Å²) in [5, 5.41) is 8.48. The van der Waals surface area contributed by atoms with Gasteiger partial charge in [-0.1, -0.05) is 62.2 Å². The van der Waals surface area contributed by atoms with Crippen LogP contribution >= 0.6 is 0 Å². The number of nitrogens with zero attached hydrogens (tertiary/aromatic N) is 4. The fraction of sp³-hybridized carbons (Fsp3) is 0.280. The number of fused-ring (bicyclic) bond motifs is 1. The first-order chi connectivity index (χ1) is 15.7. The molecule has 0 saturated carbocycles. The van der Waals surface area contributed by atoms with Crippen molar-refractivity contribution in [3.8, 4) is 0 Å². The molecule has 0 spiro atoms. The molecular formula is C25H27N5O2. The summed E-state index contributed by atoms with van der Waals surface area (Å²) in [4.78, 5) is 29.8. The molecule has 4 aromatic rings. The molecule has 7 heteroatoms. The Morgan fingerprint density at radius 3 is 2.47 bits per heavy atom. The second kappa shape index (κ2) is 10.0. The molecule has 0 saturated heterocycles. The Hall–Kier alpha value is -3.74. The van der Waals surface area contributed by atoms with Gasteiger partial charge in [-0.2, -0.15) is 5.10 Å². The van der Waals surface area contributed by atoms with Gasteiger partial charge in [0, 0.05) is 37.4 Å². The van der Waals surface area contributed by atoms with E-state index in [4.69, 9.17) is 0 Å². The largest absolute Gasteiger partial charge is 0.347 e. The minimum Gasteiger partial charge on any atom is -0.347 e. The summed E-state index contributed by atoms with van der Waals surface area (Å²) >= 11 is 0. The SMILES string of the molecule is CCCCCn1nc(C(=O)NCc2ccc(Cn3ccnc3)cc2)c2ccccc2c1=O. The molecule has 0 radical (unpaired) electrons. The van der Waals surface area contributed by atoms with Gasteiger partial charge in [-0.25, -0.2) is 9.67 Å². The molecule has 2 heterocycles. The van der Waals surface area contributed by atoms with E-state index in [1.54, 1.807) is 24.7 Å².